The van der Waals surface area contributed by atoms with Gasteiger partial charge in [0.25, 0.3) is 0 Å². The van der Waals surface area contributed by atoms with Crippen LogP contribution in [0.1, 0.15) is 25.7 Å². The Balaban J connectivity index is 1.79. The molecule has 2 aliphatic rings. The van der Waals surface area contributed by atoms with Crippen LogP contribution in [0, 0.1) is 5.92 Å². The largest absolute Gasteiger partial charge is 0.468 e. The first kappa shape index (κ1) is 12.8. The van der Waals surface area contributed by atoms with Gasteiger partial charge in [0.15, 0.2) is 0 Å². The lowest BCUT2D eigenvalue weighted by Crippen LogP contribution is -2.55. The fraction of sp³-hybridized carbons (Fsp3) is 0.917. The van der Waals surface area contributed by atoms with Crippen LogP contribution in [-0.2, 0) is 19.0 Å². The van der Waals surface area contributed by atoms with Crippen LogP contribution < -0.4 is 5.73 Å². The van der Waals surface area contributed by atoms with Crippen molar-refractivity contribution in [1.82, 2.24) is 0 Å². The number of hydrogen-bond donors (Lipinski definition) is 1. The number of hydrogen-bond acceptors (Lipinski definition) is 5. The topological polar surface area (TPSA) is 70.8 Å². The zero-order valence-electron chi connectivity index (χ0n) is 10.3. The highest BCUT2D eigenvalue weighted by Crippen LogP contribution is 2.39. The lowest BCUT2D eigenvalue weighted by Gasteiger charge is -2.26. The van der Waals surface area contributed by atoms with Crippen molar-refractivity contribution < 1.29 is 19.0 Å². The Hall–Kier alpha value is -0.650. The third kappa shape index (κ3) is 2.97. The van der Waals surface area contributed by atoms with Crippen LogP contribution in [0.5, 0.6) is 0 Å². The summed E-state index contributed by atoms with van der Waals surface area (Å²) >= 11 is 0. The summed E-state index contributed by atoms with van der Waals surface area (Å²) in [6.45, 7) is 1.55. The molecule has 5 heteroatoms. The van der Waals surface area contributed by atoms with Crippen molar-refractivity contribution in [2.75, 3.05) is 26.9 Å². The van der Waals surface area contributed by atoms with Gasteiger partial charge in [-0.25, -0.2) is 4.79 Å². The van der Waals surface area contributed by atoms with Gasteiger partial charge in [-0.2, -0.15) is 0 Å². The highest BCUT2D eigenvalue weighted by molar-refractivity contribution is 5.81. The Bertz CT molecular complexity index is 274. The molecule has 5 nitrogen and oxygen atoms in total. The molecule has 0 bridgehead atoms. The number of esters is 1. The number of carbonyl (C=O) groups is 1. The fourth-order valence-electron chi connectivity index (χ4n) is 2.27. The average molecular weight is 243 g/mol. The zero-order chi connectivity index (χ0) is 12.3. The van der Waals surface area contributed by atoms with E-state index in [1.54, 1.807) is 0 Å². The first-order valence-corrected chi connectivity index (χ1v) is 6.23. The summed E-state index contributed by atoms with van der Waals surface area (Å²) in [5, 5.41) is 0. The van der Waals surface area contributed by atoms with Crippen LogP contribution in [0.3, 0.4) is 0 Å². The van der Waals surface area contributed by atoms with E-state index >= 15 is 0 Å². The minimum absolute atomic E-state index is 0.163. The van der Waals surface area contributed by atoms with Gasteiger partial charge in [0.2, 0.25) is 0 Å². The molecule has 2 atom stereocenters. The summed E-state index contributed by atoms with van der Waals surface area (Å²) in [4.78, 5) is 11.7. The first-order chi connectivity index (χ1) is 8.16. The summed E-state index contributed by atoms with van der Waals surface area (Å²) in [6.07, 6.45) is 4.24. The molecule has 1 saturated heterocycles. The highest BCUT2D eigenvalue weighted by Gasteiger charge is 2.49. The van der Waals surface area contributed by atoms with E-state index in [1.165, 1.54) is 7.11 Å². The van der Waals surface area contributed by atoms with E-state index in [4.69, 9.17) is 19.9 Å². The molecule has 0 aromatic rings. The van der Waals surface area contributed by atoms with Crippen LogP contribution in [0.2, 0.25) is 0 Å². The van der Waals surface area contributed by atoms with Crippen LogP contribution in [0.15, 0.2) is 0 Å². The van der Waals surface area contributed by atoms with Crippen LogP contribution in [-0.4, -0.2) is 44.5 Å². The monoisotopic (exact) mass is 243 g/mol. The molecule has 0 aromatic carbocycles. The number of rotatable bonds is 6. The smallest absolute Gasteiger partial charge is 0.328 e. The Kier molecular flexibility index (Phi) is 4.01. The molecule has 1 aliphatic carbocycles. The summed E-state index contributed by atoms with van der Waals surface area (Å²) in [5.74, 6) is -0.160. The lowest BCUT2D eigenvalue weighted by molar-refractivity contribution is -0.151. The molecular weight excluding hydrogens is 222 g/mol. The molecule has 1 aliphatic heterocycles. The summed E-state index contributed by atoms with van der Waals surface area (Å²) < 4.78 is 15.8. The molecule has 17 heavy (non-hydrogen) atoms. The van der Waals surface area contributed by atoms with E-state index in [1.807, 2.05) is 0 Å². The molecule has 0 radical (unpaired) electrons. The average Bonchev–Trinajstić information content (AvgIpc) is 3.07. The van der Waals surface area contributed by atoms with Gasteiger partial charge in [-0.1, -0.05) is 0 Å². The second-order valence-electron chi connectivity index (χ2n) is 4.96. The zero-order valence-corrected chi connectivity index (χ0v) is 10.3. The molecule has 2 rings (SSSR count). The molecule has 1 saturated carbocycles. The Morgan fingerprint density at radius 2 is 2.24 bits per heavy atom. The predicted octanol–water partition coefficient (Wildman–Crippen LogP) is 0.463. The van der Waals surface area contributed by atoms with E-state index in [2.05, 4.69) is 0 Å². The second kappa shape index (κ2) is 5.33. The van der Waals surface area contributed by atoms with Crippen molar-refractivity contribution in [2.45, 2.75) is 37.3 Å². The third-order valence-corrected chi connectivity index (χ3v) is 3.54. The first-order valence-electron chi connectivity index (χ1n) is 6.23. The maximum Gasteiger partial charge on any atom is 0.328 e. The lowest BCUT2D eigenvalue weighted by atomic mass is 9.96. The molecule has 0 aromatic heterocycles. The van der Waals surface area contributed by atoms with E-state index in [0.29, 0.717) is 6.61 Å². The number of carbonyl (C=O) groups excluding carboxylic acids is 1. The van der Waals surface area contributed by atoms with Gasteiger partial charge in [0.05, 0.1) is 26.4 Å². The molecule has 2 fully saturated rings. The van der Waals surface area contributed by atoms with Crippen molar-refractivity contribution in [1.29, 1.82) is 0 Å². The van der Waals surface area contributed by atoms with Crippen molar-refractivity contribution >= 4 is 5.97 Å². The van der Waals surface area contributed by atoms with Gasteiger partial charge in [0.1, 0.15) is 5.54 Å². The minimum Gasteiger partial charge on any atom is -0.468 e. The van der Waals surface area contributed by atoms with Gasteiger partial charge < -0.3 is 19.9 Å². The molecule has 1 heterocycles. The third-order valence-electron chi connectivity index (χ3n) is 3.54. The van der Waals surface area contributed by atoms with Gasteiger partial charge in [0, 0.05) is 6.61 Å². The summed E-state index contributed by atoms with van der Waals surface area (Å²) in [6, 6.07) is 0. The Morgan fingerprint density at radius 3 is 2.76 bits per heavy atom. The predicted molar refractivity (Wildman–Crippen MR) is 61.5 cm³/mol. The normalized spacial score (nSPS) is 27.8. The maximum atomic E-state index is 11.7. The number of ether oxygens (including phenoxy) is 3. The number of nitrogens with two attached hydrogens (primary N) is 1. The molecular formula is C12H21NO4. The highest BCUT2D eigenvalue weighted by atomic mass is 16.5. The second-order valence-corrected chi connectivity index (χ2v) is 4.96. The van der Waals surface area contributed by atoms with Crippen molar-refractivity contribution in [3.8, 4) is 0 Å². The van der Waals surface area contributed by atoms with Crippen molar-refractivity contribution in [3.05, 3.63) is 0 Å². The standard InChI is InChI=1S/C12H21NO4/c1-15-11(14)12(13,9-4-5-9)8-16-7-10-3-2-6-17-10/h9-10H,2-8,13H2,1H3. The van der Waals surface area contributed by atoms with Gasteiger partial charge in [-0.15, -0.1) is 0 Å². The van der Waals surface area contributed by atoms with Crippen LogP contribution >= 0.6 is 0 Å². The maximum absolute atomic E-state index is 11.7. The van der Waals surface area contributed by atoms with E-state index < -0.39 is 5.54 Å². The molecule has 2 unspecified atom stereocenters. The summed E-state index contributed by atoms with van der Waals surface area (Å²) in [7, 11) is 1.37. The molecule has 0 spiro atoms. The summed E-state index contributed by atoms with van der Waals surface area (Å²) in [5.41, 5.74) is 5.14. The number of methoxy groups -OCH3 is 1. The SMILES string of the molecule is COC(=O)C(N)(COCC1CCCO1)C1CC1. The van der Waals surface area contributed by atoms with Gasteiger partial charge >= 0.3 is 5.97 Å². The molecule has 0 amide bonds. The minimum atomic E-state index is -0.965. The molecule has 98 valence electrons. The van der Waals surface area contributed by atoms with E-state index in [0.717, 1.165) is 32.3 Å². The van der Waals surface area contributed by atoms with E-state index in [-0.39, 0.29) is 24.6 Å². The van der Waals surface area contributed by atoms with Gasteiger partial charge in [-0.3, -0.25) is 0 Å². The van der Waals surface area contributed by atoms with Crippen LogP contribution in [0.4, 0.5) is 0 Å². The van der Waals surface area contributed by atoms with Gasteiger partial charge in [-0.05, 0) is 31.6 Å². The van der Waals surface area contributed by atoms with Crippen molar-refractivity contribution in [2.24, 2.45) is 11.7 Å². The van der Waals surface area contributed by atoms with E-state index in [9.17, 15) is 4.79 Å². The fourth-order valence-corrected chi connectivity index (χ4v) is 2.27. The quantitative estimate of drug-likeness (QED) is 0.686. The van der Waals surface area contributed by atoms with Crippen molar-refractivity contribution in [3.63, 3.8) is 0 Å². The Labute approximate surface area is 102 Å². The molecule has 2 N–H and O–H groups in total. The van der Waals surface area contributed by atoms with Crippen LogP contribution in [0.25, 0.3) is 0 Å². The Morgan fingerprint density at radius 1 is 1.47 bits per heavy atom.